The quantitative estimate of drug-likeness (QED) is 0.501. The number of aromatic nitrogens is 3. The molecule has 0 aliphatic carbocycles. The number of thiazole rings is 1. The third-order valence-electron chi connectivity index (χ3n) is 5.36. The highest BCUT2D eigenvalue weighted by Crippen LogP contribution is 2.34. The number of aryl methyl sites for hydroxylation is 1. The van der Waals surface area contributed by atoms with Gasteiger partial charge < -0.3 is 10.2 Å². The lowest BCUT2D eigenvalue weighted by molar-refractivity contribution is 0.0729. The van der Waals surface area contributed by atoms with Crippen LogP contribution in [0.2, 0.25) is 0 Å². The zero-order valence-corrected chi connectivity index (χ0v) is 17.4. The van der Waals surface area contributed by atoms with Crippen molar-refractivity contribution >= 4 is 39.0 Å². The van der Waals surface area contributed by atoms with E-state index in [4.69, 9.17) is 4.98 Å². The number of carbonyl (C=O) groups is 1. The first kappa shape index (κ1) is 18.7. The maximum absolute atomic E-state index is 13.4. The number of nitrogens with zero attached hydrogens (tertiary/aromatic N) is 4. The van der Waals surface area contributed by atoms with Crippen LogP contribution in [0.25, 0.3) is 10.8 Å². The predicted octanol–water partition coefficient (Wildman–Crippen LogP) is 5.12. The molecule has 7 heteroatoms. The molecule has 1 aliphatic rings. The van der Waals surface area contributed by atoms with Gasteiger partial charge in [0.05, 0.1) is 11.7 Å². The van der Waals surface area contributed by atoms with Gasteiger partial charge in [0.1, 0.15) is 11.5 Å². The van der Waals surface area contributed by atoms with Gasteiger partial charge in [0.25, 0.3) is 5.91 Å². The molecule has 1 saturated heterocycles. The van der Waals surface area contributed by atoms with E-state index in [0.29, 0.717) is 12.2 Å². The van der Waals surface area contributed by atoms with Crippen LogP contribution in [0.5, 0.6) is 0 Å². The number of rotatable bonds is 4. The van der Waals surface area contributed by atoms with Crippen molar-refractivity contribution in [1.29, 1.82) is 0 Å². The minimum Gasteiger partial charge on any atom is -0.329 e. The second-order valence-corrected chi connectivity index (χ2v) is 8.62. The standard InChI is InChI=1S/C23H21N5OS/c1-15-14-25-23(30-15)27-20-10-4-8-18(26-20)19-9-5-13-28(19)22(29)21-17-7-3-2-6-16(17)11-12-24-21/h2-4,6-8,10-12,14,19H,5,9,13H2,1H3,(H,25,26,27)/t19-/m0/s1. The molecule has 4 aromatic rings. The summed E-state index contributed by atoms with van der Waals surface area (Å²) in [6.07, 6.45) is 5.39. The highest BCUT2D eigenvalue weighted by atomic mass is 32.1. The van der Waals surface area contributed by atoms with Crippen LogP contribution in [0.3, 0.4) is 0 Å². The number of benzene rings is 1. The molecule has 1 aromatic carbocycles. The van der Waals surface area contributed by atoms with Crippen LogP contribution in [-0.4, -0.2) is 32.3 Å². The minimum atomic E-state index is -0.0574. The number of fused-ring (bicyclic) bond motifs is 1. The Morgan fingerprint density at radius 3 is 2.90 bits per heavy atom. The van der Waals surface area contributed by atoms with Gasteiger partial charge in [-0.25, -0.2) is 9.97 Å². The largest absolute Gasteiger partial charge is 0.329 e. The number of anilines is 2. The first-order valence-corrected chi connectivity index (χ1v) is 10.8. The average Bonchev–Trinajstić information content (AvgIpc) is 3.42. The predicted molar refractivity (Wildman–Crippen MR) is 119 cm³/mol. The molecular weight excluding hydrogens is 394 g/mol. The molecule has 0 radical (unpaired) electrons. The van der Waals surface area contributed by atoms with Crippen molar-refractivity contribution in [2.75, 3.05) is 11.9 Å². The summed E-state index contributed by atoms with van der Waals surface area (Å²) >= 11 is 1.59. The zero-order chi connectivity index (χ0) is 20.5. The highest BCUT2D eigenvalue weighted by molar-refractivity contribution is 7.15. The van der Waals surface area contributed by atoms with Crippen LogP contribution in [0, 0.1) is 6.92 Å². The van der Waals surface area contributed by atoms with E-state index < -0.39 is 0 Å². The number of hydrogen-bond acceptors (Lipinski definition) is 6. The Labute approximate surface area is 178 Å². The summed E-state index contributed by atoms with van der Waals surface area (Å²) in [6, 6.07) is 15.6. The molecule has 3 aromatic heterocycles. The molecule has 0 unspecified atom stereocenters. The lowest BCUT2D eigenvalue weighted by Gasteiger charge is -2.24. The monoisotopic (exact) mass is 415 g/mol. The van der Waals surface area contributed by atoms with Gasteiger partial charge in [-0.1, -0.05) is 30.3 Å². The molecule has 4 heterocycles. The summed E-state index contributed by atoms with van der Waals surface area (Å²) in [4.78, 5) is 30.0. The van der Waals surface area contributed by atoms with E-state index in [1.807, 2.05) is 66.6 Å². The highest BCUT2D eigenvalue weighted by Gasteiger charge is 2.33. The van der Waals surface area contributed by atoms with Crippen molar-refractivity contribution in [3.05, 3.63) is 77.2 Å². The summed E-state index contributed by atoms with van der Waals surface area (Å²) in [5, 5.41) is 6.00. The van der Waals surface area contributed by atoms with Gasteiger partial charge in [0.2, 0.25) is 0 Å². The second kappa shape index (κ2) is 7.84. The van der Waals surface area contributed by atoms with Crippen LogP contribution in [0.4, 0.5) is 10.9 Å². The molecular formula is C23H21N5OS. The smallest absolute Gasteiger partial charge is 0.273 e. The van der Waals surface area contributed by atoms with E-state index in [0.717, 1.165) is 45.1 Å². The van der Waals surface area contributed by atoms with Gasteiger partial charge in [0, 0.05) is 29.2 Å². The molecule has 6 nitrogen and oxygen atoms in total. The number of carbonyl (C=O) groups excluding carboxylic acids is 1. The summed E-state index contributed by atoms with van der Waals surface area (Å²) < 4.78 is 0. The Balaban J connectivity index is 1.44. The normalized spacial score (nSPS) is 16.2. The van der Waals surface area contributed by atoms with Crippen LogP contribution < -0.4 is 5.32 Å². The van der Waals surface area contributed by atoms with E-state index >= 15 is 0 Å². The van der Waals surface area contributed by atoms with E-state index in [1.165, 1.54) is 0 Å². The van der Waals surface area contributed by atoms with Crippen molar-refractivity contribution < 1.29 is 4.79 Å². The summed E-state index contributed by atoms with van der Waals surface area (Å²) in [5.74, 6) is 0.703. The molecule has 1 N–H and O–H groups in total. The number of hydrogen-bond donors (Lipinski definition) is 1. The Hall–Kier alpha value is -3.32. The van der Waals surface area contributed by atoms with Crippen molar-refractivity contribution in [2.45, 2.75) is 25.8 Å². The summed E-state index contributed by atoms with van der Waals surface area (Å²) in [7, 11) is 0. The topological polar surface area (TPSA) is 71.0 Å². The van der Waals surface area contributed by atoms with Crippen molar-refractivity contribution in [3.8, 4) is 0 Å². The zero-order valence-electron chi connectivity index (χ0n) is 16.6. The molecule has 5 rings (SSSR count). The number of amides is 1. The molecule has 0 bridgehead atoms. The SMILES string of the molecule is Cc1cnc(Nc2cccc([C@@H]3CCCN3C(=O)c3nccc4ccccc34)n2)s1. The molecule has 0 spiro atoms. The van der Waals surface area contributed by atoms with Crippen LogP contribution in [0.15, 0.2) is 60.9 Å². The van der Waals surface area contributed by atoms with Crippen LogP contribution >= 0.6 is 11.3 Å². The molecule has 1 amide bonds. The molecule has 30 heavy (non-hydrogen) atoms. The summed E-state index contributed by atoms with van der Waals surface area (Å²) in [5.41, 5.74) is 1.40. The van der Waals surface area contributed by atoms with Gasteiger partial charge >= 0.3 is 0 Å². The Morgan fingerprint density at radius 1 is 1.13 bits per heavy atom. The number of pyridine rings is 2. The van der Waals surface area contributed by atoms with E-state index in [1.54, 1.807) is 17.5 Å². The van der Waals surface area contributed by atoms with Crippen molar-refractivity contribution in [3.63, 3.8) is 0 Å². The number of nitrogens with one attached hydrogen (secondary N) is 1. The Bertz CT molecular complexity index is 1220. The fourth-order valence-electron chi connectivity index (χ4n) is 3.97. The lowest BCUT2D eigenvalue weighted by Crippen LogP contribution is -2.31. The first-order chi connectivity index (χ1) is 14.7. The Kier molecular flexibility index (Phi) is 4.88. The van der Waals surface area contributed by atoms with Crippen molar-refractivity contribution in [1.82, 2.24) is 19.9 Å². The fourth-order valence-corrected chi connectivity index (χ4v) is 4.64. The maximum atomic E-state index is 13.4. The molecule has 0 saturated carbocycles. The van der Waals surface area contributed by atoms with E-state index in [2.05, 4.69) is 15.3 Å². The lowest BCUT2D eigenvalue weighted by atomic mass is 10.1. The number of likely N-dealkylation sites (tertiary alicyclic amines) is 1. The Morgan fingerprint density at radius 2 is 2.03 bits per heavy atom. The first-order valence-electron chi connectivity index (χ1n) is 10.0. The van der Waals surface area contributed by atoms with Gasteiger partial charge in [0.15, 0.2) is 5.13 Å². The second-order valence-electron chi connectivity index (χ2n) is 7.39. The summed E-state index contributed by atoms with van der Waals surface area (Å²) in [6.45, 7) is 2.73. The third-order valence-corrected chi connectivity index (χ3v) is 6.19. The molecule has 1 atom stereocenters. The van der Waals surface area contributed by atoms with Crippen LogP contribution in [0.1, 0.15) is 39.9 Å². The fraction of sp³-hybridized carbons (Fsp3) is 0.217. The average molecular weight is 416 g/mol. The van der Waals surface area contributed by atoms with E-state index in [9.17, 15) is 4.79 Å². The molecule has 1 aliphatic heterocycles. The van der Waals surface area contributed by atoms with Gasteiger partial charge in [-0.05, 0) is 43.4 Å². The third kappa shape index (κ3) is 3.52. The molecule has 150 valence electrons. The maximum Gasteiger partial charge on any atom is 0.273 e. The van der Waals surface area contributed by atoms with Gasteiger partial charge in [-0.2, -0.15) is 0 Å². The van der Waals surface area contributed by atoms with Gasteiger partial charge in [-0.3, -0.25) is 9.78 Å². The van der Waals surface area contributed by atoms with Crippen LogP contribution in [-0.2, 0) is 0 Å². The van der Waals surface area contributed by atoms with Gasteiger partial charge in [-0.15, -0.1) is 11.3 Å². The van der Waals surface area contributed by atoms with E-state index in [-0.39, 0.29) is 11.9 Å². The van der Waals surface area contributed by atoms with Crippen molar-refractivity contribution in [2.24, 2.45) is 0 Å². The minimum absolute atomic E-state index is 0.0370. The molecule has 1 fully saturated rings.